The van der Waals surface area contributed by atoms with Crippen LogP contribution in [0.5, 0.6) is 0 Å². The van der Waals surface area contributed by atoms with Crippen LogP contribution < -0.4 is 5.32 Å². The SMILES string of the molecule is COCC(CCl)Nc1ccn2nccc2n1. The molecule has 2 heterocycles. The van der Waals surface area contributed by atoms with Gasteiger partial charge in [-0.1, -0.05) is 0 Å². The summed E-state index contributed by atoms with van der Waals surface area (Å²) in [5.74, 6) is 1.25. The Morgan fingerprint density at radius 1 is 1.56 bits per heavy atom. The van der Waals surface area contributed by atoms with Crippen molar-refractivity contribution in [3.8, 4) is 0 Å². The van der Waals surface area contributed by atoms with Gasteiger partial charge in [0, 0.05) is 25.3 Å². The van der Waals surface area contributed by atoms with Gasteiger partial charge >= 0.3 is 0 Å². The zero-order valence-electron chi connectivity index (χ0n) is 8.93. The molecule has 1 atom stereocenters. The second-order valence-corrected chi connectivity index (χ2v) is 3.71. The number of fused-ring (bicyclic) bond motifs is 1. The van der Waals surface area contributed by atoms with Crippen molar-refractivity contribution in [2.24, 2.45) is 0 Å². The van der Waals surface area contributed by atoms with E-state index in [4.69, 9.17) is 16.3 Å². The highest BCUT2D eigenvalue weighted by Gasteiger charge is 2.07. The minimum Gasteiger partial charge on any atom is -0.383 e. The minimum absolute atomic E-state index is 0.0598. The highest BCUT2D eigenvalue weighted by molar-refractivity contribution is 6.18. The molecule has 0 aliphatic carbocycles. The smallest absolute Gasteiger partial charge is 0.157 e. The molecule has 0 saturated carbocycles. The van der Waals surface area contributed by atoms with Crippen molar-refractivity contribution in [3.05, 3.63) is 24.5 Å². The molecule has 0 radical (unpaired) electrons. The summed E-state index contributed by atoms with van der Waals surface area (Å²) in [7, 11) is 1.65. The maximum absolute atomic E-state index is 5.81. The standard InChI is InChI=1S/C10H13ClN4O/c1-16-7-8(6-11)13-9-3-5-15-10(14-9)2-4-12-15/h2-5,8H,6-7H2,1H3,(H,13,14). The Bertz CT molecular complexity index is 459. The number of methoxy groups -OCH3 is 1. The molecule has 1 N–H and O–H groups in total. The van der Waals surface area contributed by atoms with Gasteiger partial charge in [-0.05, 0) is 6.07 Å². The summed E-state index contributed by atoms with van der Waals surface area (Å²) in [6, 6.07) is 3.76. The molecule has 0 aliphatic heterocycles. The summed E-state index contributed by atoms with van der Waals surface area (Å²) < 4.78 is 6.75. The molecule has 0 saturated heterocycles. The topological polar surface area (TPSA) is 51.5 Å². The molecule has 86 valence electrons. The van der Waals surface area contributed by atoms with Gasteiger partial charge < -0.3 is 10.1 Å². The van der Waals surface area contributed by atoms with Gasteiger partial charge in [-0.25, -0.2) is 9.50 Å². The average molecular weight is 241 g/mol. The first-order valence-electron chi connectivity index (χ1n) is 4.95. The van der Waals surface area contributed by atoms with Crippen molar-refractivity contribution in [2.45, 2.75) is 6.04 Å². The van der Waals surface area contributed by atoms with E-state index < -0.39 is 0 Å². The molecule has 0 amide bonds. The normalized spacial score (nSPS) is 12.9. The molecule has 6 heteroatoms. The Kier molecular flexibility index (Phi) is 3.58. The van der Waals surface area contributed by atoms with Crippen molar-refractivity contribution < 1.29 is 4.74 Å². The van der Waals surface area contributed by atoms with Crippen molar-refractivity contribution in [1.82, 2.24) is 14.6 Å². The molecule has 0 aromatic carbocycles. The van der Waals surface area contributed by atoms with E-state index in [0.29, 0.717) is 12.5 Å². The summed E-state index contributed by atoms with van der Waals surface area (Å²) in [4.78, 5) is 4.38. The molecular formula is C10H13ClN4O. The van der Waals surface area contributed by atoms with Crippen LogP contribution in [0.4, 0.5) is 5.82 Å². The monoisotopic (exact) mass is 240 g/mol. The number of ether oxygens (including phenoxy) is 1. The lowest BCUT2D eigenvalue weighted by atomic mass is 10.3. The molecule has 0 bridgehead atoms. The number of hydrogen-bond acceptors (Lipinski definition) is 4. The van der Waals surface area contributed by atoms with E-state index in [1.165, 1.54) is 0 Å². The predicted octanol–water partition coefficient (Wildman–Crippen LogP) is 1.40. The maximum Gasteiger partial charge on any atom is 0.157 e. The lowest BCUT2D eigenvalue weighted by molar-refractivity contribution is 0.191. The Labute approximate surface area is 98.4 Å². The molecule has 2 rings (SSSR count). The fourth-order valence-corrected chi connectivity index (χ4v) is 1.59. The maximum atomic E-state index is 5.81. The molecule has 0 fully saturated rings. The van der Waals surface area contributed by atoms with Crippen LogP contribution in [0.1, 0.15) is 0 Å². The summed E-state index contributed by atoms with van der Waals surface area (Å²) >= 11 is 5.81. The van der Waals surface area contributed by atoms with Crippen LogP contribution in [0.2, 0.25) is 0 Å². The lowest BCUT2D eigenvalue weighted by Crippen LogP contribution is -2.27. The van der Waals surface area contributed by atoms with Crippen LogP contribution in [-0.2, 0) is 4.74 Å². The van der Waals surface area contributed by atoms with Gasteiger partial charge in [0.1, 0.15) is 5.82 Å². The Morgan fingerprint density at radius 2 is 2.44 bits per heavy atom. The number of aromatic nitrogens is 3. The molecule has 0 spiro atoms. The van der Waals surface area contributed by atoms with Gasteiger partial charge in [-0.2, -0.15) is 5.10 Å². The summed E-state index contributed by atoms with van der Waals surface area (Å²) in [5.41, 5.74) is 0.802. The van der Waals surface area contributed by atoms with Crippen LogP contribution in [0.25, 0.3) is 5.65 Å². The van der Waals surface area contributed by atoms with Gasteiger partial charge in [-0.15, -0.1) is 11.6 Å². The van der Waals surface area contributed by atoms with Crippen molar-refractivity contribution in [2.75, 3.05) is 24.9 Å². The van der Waals surface area contributed by atoms with Crippen molar-refractivity contribution >= 4 is 23.1 Å². The van der Waals surface area contributed by atoms with E-state index in [9.17, 15) is 0 Å². The number of nitrogens with zero attached hydrogens (tertiary/aromatic N) is 3. The third-order valence-electron chi connectivity index (χ3n) is 2.16. The van der Waals surface area contributed by atoms with Crippen LogP contribution in [-0.4, -0.2) is 40.2 Å². The number of rotatable bonds is 5. The summed E-state index contributed by atoms with van der Waals surface area (Å²) in [5, 5.41) is 7.27. The Morgan fingerprint density at radius 3 is 3.19 bits per heavy atom. The first-order chi connectivity index (χ1) is 7.83. The Balaban J connectivity index is 2.13. The second-order valence-electron chi connectivity index (χ2n) is 3.40. The molecule has 0 aliphatic rings. The zero-order chi connectivity index (χ0) is 11.4. The van der Waals surface area contributed by atoms with Gasteiger partial charge in [0.15, 0.2) is 5.65 Å². The van der Waals surface area contributed by atoms with E-state index in [1.807, 2.05) is 18.3 Å². The molecule has 2 aromatic heterocycles. The van der Waals surface area contributed by atoms with Crippen LogP contribution in [0.15, 0.2) is 24.5 Å². The first kappa shape index (κ1) is 11.2. The van der Waals surface area contributed by atoms with E-state index in [0.717, 1.165) is 11.5 Å². The van der Waals surface area contributed by atoms with E-state index >= 15 is 0 Å². The predicted molar refractivity (Wildman–Crippen MR) is 63.0 cm³/mol. The minimum atomic E-state index is 0.0598. The fraction of sp³-hybridized carbons (Fsp3) is 0.400. The largest absolute Gasteiger partial charge is 0.383 e. The quantitative estimate of drug-likeness (QED) is 0.803. The highest BCUT2D eigenvalue weighted by atomic mass is 35.5. The van der Waals surface area contributed by atoms with Gasteiger partial charge in [0.25, 0.3) is 0 Å². The third kappa shape index (κ3) is 2.43. The number of nitrogens with one attached hydrogen (secondary N) is 1. The van der Waals surface area contributed by atoms with E-state index in [2.05, 4.69) is 15.4 Å². The molecule has 2 aromatic rings. The molecule has 16 heavy (non-hydrogen) atoms. The van der Waals surface area contributed by atoms with Crippen LogP contribution in [0.3, 0.4) is 0 Å². The number of hydrogen-bond donors (Lipinski definition) is 1. The molecule has 1 unspecified atom stereocenters. The molecular weight excluding hydrogens is 228 g/mol. The van der Waals surface area contributed by atoms with E-state index in [-0.39, 0.29) is 6.04 Å². The first-order valence-corrected chi connectivity index (χ1v) is 5.49. The highest BCUT2D eigenvalue weighted by Crippen LogP contribution is 2.08. The van der Waals surface area contributed by atoms with E-state index in [1.54, 1.807) is 17.8 Å². The number of alkyl halides is 1. The number of anilines is 1. The second kappa shape index (κ2) is 5.14. The summed E-state index contributed by atoms with van der Waals surface area (Å²) in [6.07, 6.45) is 3.56. The Hall–Kier alpha value is -1.33. The average Bonchev–Trinajstić information content (AvgIpc) is 2.75. The van der Waals surface area contributed by atoms with Crippen LogP contribution >= 0.6 is 11.6 Å². The molecule has 5 nitrogen and oxygen atoms in total. The number of halogens is 1. The third-order valence-corrected chi connectivity index (χ3v) is 2.54. The fourth-order valence-electron chi connectivity index (χ4n) is 1.43. The van der Waals surface area contributed by atoms with Gasteiger partial charge in [-0.3, -0.25) is 0 Å². The lowest BCUT2D eigenvalue weighted by Gasteiger charge is -2.15. The summed E-state index contributed by atoms with van der Waals surface area (Å²) in [6.45, 7) is 0.551. The zero-order valence-corrected chi connectivity index (χ0v) is 9.68. The van der Waals surface area contributed by atoms with Crippen LogP contribution in [0, 0.1) is 0 Å². The van der Waals surface area contributed by atoms with Crippen molar-refractivity contribution in [1.29, 1.82) is 0 Å². The van der Waals surface area contributed by atoms with Crippen molar-refractivity contribution in [3.63, 3.8) is 0 Å². The van der Waals surface area contributed by atoms with Gasteiger partial charge in [0.2, 0.25) is 0 Å². The van der Waals surface area contributed by atoms with Gasteiger partial charge in [0.05, 0.1) is 18.8 Å².